The smallest absolute Gasteiger partial charge is 0.396 e. The molecule has 11 atom stereocenters. The van der Waals surface area contributed by atoms with Gasteiger partial charge in [0.25, 0.3) is 5.91 Å². The molecule has 0 aromatic heterocycles. The molecule has 0 radical (unpaired) electrons. The summed E-state index contributed by atoms with van der Waals surface area (Å²) in [6.07, 6.45) is -9.90. The maximum atomic E-state index is 13.6. The van der Waals surface area contributed by atoms with Crippen molar-refractivity contribution in [3.8, 4) is 0 Å². The van der Waals surface area contributed by atoms with E-state index < -0.39 is 95.9 Å². The van der Waals surface area contributed by atoms with Crippen LogP contribution >= 0.6 is 15.6 Å². The predicted molar refractivity (Wildman–Crippen MR) is 158 cm³/mol. The molecule has 48 heavy (non-hydrogen) atoms. The minimum absolute atomic E-state index is 0.0353. The van der Waals surface area contributed by atoms with Crippen molar-refractivity contribution in [2.24, 2.45) is 0 Å². The van der Waals surface area contributed by atoms with Crippen LogP contribution in [0.4, 0.5) is 0 Å². The number of hydrogen-bond acceptors (Lipinski definition) is 19. The third-order valence-electron chi connectivity index (χ3n) is 7.20. The summed E-state index contributed by atoms with van der Waals surface area (Å²) in [4.78, 5) is 25.4. The quantitative estimate of drug-likeness (QED) is 0.0503. The largest absolute Gasteiger partial charge is 0.485 e. The number of aliphatic hydroxyl groups is 6. The monoisotopic (exact) mass is 735 g/mol. The van der Waals surface area contributed by atoms with Crippen molar-refractivity contribution in [3.05, 3.63) is 24.7 Å². The Kier molecular flexibility index (Phi) is 15.5. The number of amides is 2. The van der Waals surface area contributed by atoms with Crippen molar-refractivity contribution in [1.82, 2.24) is 15.5 Å². The average molecular weight is 736 g/mol. The second-order valence-corrected chi connectivity index (χ2v) is 14.2. The van der Waals surface area contributed by atoms with Crippen LogP contribution in [-0.2, 0) is 55.3 Å². The van der Waals surface area contributed by atoms with Crippen LogP contribution in [0, 0.1) is 0 Å². The van der Waals surface area contributed by atoms with E-state index in [0.717, 1.165) is 20.3 Å². The molecule has 0 bridgehead atoms. The van der Waals surface area contributed by atoms with Crippen LogP contribution in [0.15, 0.2) is 24.7 Å². The van der Waals surface area contributed by atoms with Gasteiger partial charge in [-0.2, -0.15) is 4.31 Å². The molecule has 0 saturated carbocycles. The van der Waals surface area contributed by atoms with E-state index in [-0.39, 0.29) is 38.5 Å². The first-order chi connectivity index (χ1) is 22.7. The lowest BCUT2D eigenvalue weighted by Gasteiger charge is -2.42. The number of nitrogens with zero attached hydrogens (tertiary/aromatic N) is 1. The number of carbonyl (C=O) groups is 2. The Morgan fingerprint density at radius 1 is 1.00 bits per heavy atom. The van der Waals surface area contributed by atoms with Crippen molar-refractivity contribution >= 4 is 27.5 Å². The highest BCUT2D eigenvalue weighted by Crippen LogP contribution is 2.66. The molecule has 276 valence electrons. The molecular formula is C25H43N3O18P2. The van der Waals surface area contributed by atoms with Gasteiger partial charge in [0.2, 0.25) is 5.91 Å². The molecule has 21 nitrogen and oxygen atoms in total. The summed E-state index contributed by atoms with van der Waals surface area (Å²) in [5.74, 6) is -1.11. The molecule has 23 heteroatoms. The van der Waals surface area contributed by atoms with E-state index in [4.69, 9.17) is 41.7 Å². The predicted octanol–water partition coefficient (Wildman–Crippen LogP) is -2.49. The molecule has 3 aliphatic rings. The topological polar surface area (TPSA) is 291 Å². The zero-order valence-electron chi connectivity index (χ0n) is 26.1. The highest BCUT2D eigenvalue weighted by molar-refractivity contribution is 7.62. The lowest BCUT2D eigenvalue weighted by molar-refractivity contribution is -0.248. The zero-order valence-corrected chi connectivity index (χ0v) is 27.9. The molecule has 0 aliphatic carbocycles. The molecule has 2 amide bonds. The first-order valence-electron chi connectivity index (χ1n) is 14.7. The Hall–Kier alpha value is -1.88. The normalized spacial score (nSPS) is 33.2. The molecule has 3 heterocycles. The maximum absolute atomic E-state index is 13.6. The van der Waals surface area contributed by atoms with Gasteiger partial charge in [0.05, 0.1) is 13.2 Å². The molecule has 0 aromatic carbocycles. The Labute approximate surface area is 275 Å². The van der Waals surface area contributed by atoms with Crippen molar-refractivity contribution < 1.29 is 86.0 Å². The summed E-state index contributed by atoms with van der Waals surface area (Å²) in [7, 11) is -8.32. The minimum atomic E-state index is -5.07. The number of phosphoric acid groups is 2. The van der Waals surface area contributed by atoms with E-state index >= 15 is 0 Å². The zero-order chi connectivity index (χ0) is 35.6. The molecule has 2 fully saturated rings. The first kappa shape index (κ1) is 40.5. The third-order valence-corrected chi connectivity index (χ3v) is 10.6. The first-order valence-corrected chi connectivity index (χ1v) is 17.6. The fraction of sp³-hybridized carbons (Fsp3) is 0.760. The van der Waals surface area contributed by atoms with Crippen LogP contribution in [0.5, 0.6) is 0 Å². The number of phosphoric ester groups is 2. The van der Waals surface area contributed by atoms with E-state index in [2.05, 4.69) is 17.2 Å². The highest BCUT2D eigenvalue weighted by Gasteiger charge is 2.52. The van der Waals surface area contributed by atoms with Crippen molar-refractivity contribution in [2.75, 3.05) is 47.3 Å². The number of rotatable bonds is 19. The van der Waals surface area contributed by atoms with E-state index in [1.807, 2.05) is 0 Å². The highest BCUT2D eigenvalue weighted by atomic mass is 31.3. The molecular weight excluding hydrogens is 692 g/mol. The summed E-state index contributed by atoms with van der Waals surface area (Å²) in [6.45, 7) is 2.42. The van der Waals surface area contributed by atoms with Gasteiger partial charge in [0, 0.05) is 52.7 Å². The molecule has 8 N–H and O–H groups in total. The Bertz CT molecular complexity index is 1230. The SMILES string of the molecule is C=C1NC(=O)C=CN1C1OC(COP(=O)(OC)OP(=O)(OC)O[C@H]2OC(CO)[C@@H](O)[C@H](O)C2NC(=O)CCCOCCCO)C(O)C1O. The second kappa shape index (κ2) is 18.4. The van der Waals surface area contributed by atoms with E-state index in [1.54, 1.807) is 0 Å². The van der Waals surface area contributed by atoms with Crippen molar-refractivity contribution in [3.63, 3.8) is 0 Å². The molecule has 0 spiro atoms. The Balaban J connectivity index is 1.67. The minimum Gasteiger partial charge on any atom is -0.396 e. The summed E-state index contributed by atoms with van der Waals surface area (Å²) >= 11 is 0. The fourth-order valence-electron chi connectivity index (χ4n) is 4.63. The van der Waals surface area contributed by atoms with E-state index in [9.17, 15) is 44.3 Å². The van der Waals surface area contributed by atoms with Crippen LogP contribution in [0.1, 0.15) is 19.3 Å². The average Bonchev–Trinajstić information content (AvgIpc) is 3.33. The summed E-state index contributed by atoms with van der Waals surface area (Å²) < 4.78 is 68.4. The molecule has 3 aliphatic heterocycles. The van der Waals surface area contributed by atoms with E-state index in [1.165, 1.54) is 11.1 Å². The van der Waals surface area contributed by atoms with Crippen LogP contribution in [0.2, 0.25) is 0 Å². The molecule has 8 unspecified atom stereocenters. The van der Waals surface area contributed by atoms with Crippen molar-refractivity contribution in [1.29, 1.82) is 0 Å². The molecule has 2 saturated heterocycles. The molecule has 3 rings (SSSR count). The number of aliphatic hydroxyl groups excluding tert-OH is 6. The van der Waals surface area contributed by atoms with Gasteiger partial charge < -0.3 is 60.4 Å². The Morgan fingerprint density at radius 3 is 2.29 bits per heavy atom. The van der Waals surface area contributed by atoms with Gasteiger partial charge in [0.1, 0.15) is 48.5 Å². The van der Waals surface area contributed by atoms with E-state index in [0.29, 0.717) is 6.42 Å². The van der Waals surface area contributed by atoms with Crippen LogP contribution in [0.3, 0.4) is 0 Å². The lowest BCUT2D eigenvalue weighted by atomic mass is 9.97. The van der Waals surface area contributed by atoms with Gasteiger partial charge in [-0.1, -0.05) is 6.58 Å². The van der Waals surface area contributed by atoms with Gasteiger partial charge in [-0.3, -0.25) is 27.7 Å². The number of ether oxygens (including phenoxy) is 3. The maximum Gasteiger partial charge on any atom is 0.485 e. The fourth-order valence-corrected chi connectivity index (χ4v) is 7.44. The summed E-state index contributed by atoms with van der Waals surface area (Å²) in [5.41, 5.74) is 0. The van der Waals surface area contributed by atoms with Crippen LogP contribution in [-0.4, -0.2) is 150 Å². The second-order valence-electron chi connectivity index (χ2n) is 10.5. The van der Waals surface area contributed by atoms with Gasteiger partial charge in [0.15, 0.2) is 12.5 Å². The summed E-state index contributed by atoms with van der Waals surface area (Å²) in [5, 5.41) is 65.4. The number of nitrogens with one attached hydrogen (secondary N) is 2. The third kappa shape index (κ3) is 10.6. The standard InChI is InChI=1S/C25H43N3O18P2/c1-14-26-18(32)7-8-28(14)24-23(36)21(34)16(43-24)13-42-47(37,39-2)46-48(38,40-3)45-25-19(22(35)20(33)15(12-30)44-25)27-17(31)6-4-10-41-11-5-9-29/h7-8,15-16,19-25,29-30,33-36H,1,4-6,9-13H2,2-3H3,(H,26,32)(H,27,31)/t15?,16?,19?,20-,21?,22-,23?,24?,25-,47?,48?/m1/s1. The molecule has 0 aromatic rings. The lowest BCUT2D eigenvalue weighted by Crippen LogP contribution is -2.64. The number of carbonyl (C=O) groups excluding carboxylic acids is 2. The number of hydrogen-bond donors (Lipinski definition) is 8. The summed E-state index contributed by atoms with van der Waals surface area (Å²) in [6, 6.07) is -1.62. The van der Waals surface area contributed by atoms with Gasteiger partial charge in [-0.15, -0.1) is 0 Å². The van der Waals surface area contributed by atoms with Crippen LogP contribution < -0.4 is 10.6 Å². The van der Waals surface area contributed by atoms with Crippen molar-refractivity contribution in [2.45, 2.75) is 74.4 Å². The van der Waals surface area contributed by atoms with Crippen LogP contribution in [0.25, 0.3) is 0 Å². The Morgan fingerprint density at radius 2 is 1.67 bits per heavy atom. The van der Waals surface area contributed by atoms with Gasteiger partial charge in [-0.05, 0) is 12.8 Å². The van der Waals surface area contributed by atoms with Gasteiger partial charge in [-0.25, -0.2) is 9.13 Å². The van der Waals surface area contributed by atoms with Gasteiger partial charge >= 0.3 is 15.6 Å².